The highest BCUT2D eigenvalue weighted by Gasteiger charge is 2.20. The maximum absolute atomic E-state index is 12.9. The average molecular weight is 493 g/mol. The Bertz CT molecular complexity index is 1240. The van der Waals surface area contributed by atoms with E-state index in [2.05, 4.69) is 10.6 Å². The minimum atomic E-state index is -0.697. The van der Waals surface area contributed by atoms with Crippen LogP contribution in [0.1, 0.15) is 46.8 Å². The molecule has 2 N–H and O–H groups in total. The van der Waals surface area contributed by atoms with Crippen molar-refractivity contribution >= 4 is 40.6 Å². The van der Waals surface area contributed by atoms with Gasteiger partial charge in [0.15, 0.2) is 11.9 Å². The predicted octanol–water partition coefficient (Wildman–Crippen LogP) is 6.27. The molecule has 7 heteroatoms. The number of nitrogens with one attached hydrogen (secondary N) is 2. The van der Waals surface area contributed by atoms with Crippen molar-refractivity contribution in [2.24, 2.45) is 0 Å². The van der Waals surface area contributed by atoms with Crippen molar-refractivity contribution in [3.8, 4) is 5.75 Å². The van der Waals surface area contributed by atoms with Gasteiger partial charge in [-0.25, -0.2) is 0 Å². The third-order valence-electron chi connectivity index (χ3n) is 5.47. The highest BCUT2D eigenvalue weighted by atomic mass is 35.5. The fourth-order valence-electron chi connectivity index (χ4n) is 3.51. The van der Waals surface area contributed by atoms with E-state index >= 15 is 0 Å². The van der Waals surface area contributed by atoms with Gasteiger partial charge in [-0.05, 0) is 57.0 Å². The summed E-state index contributed by atoms with van der Waals surface area (Å²) in [5.74, 6) is -0.454. The van der Waals surface area contributed by atoms with E-state index in [-0.39, 0.29) is 23.1 Å². The monoisotopic (exact) mass is 492 g/mol. The molecule has 1 atom stereocenters. The van der Waals surface area contributed by atoms with Crippen LogP contribution in [0.5, 0.6) is 5.75 Å². The second kappa shape index (κ2) is 11.7. The molecule has 0 aliphatic rings. The molecule has 35 heavy (non-hydrogen) atoms. The summed E-state index contributed by atoms with van der Waals surface area (Å²) < 4.78 is 5.95. The number of benzene rings is 3. The molecule has 3 aromatic carbocycles. The van der Waals surface area contributed by atoms with Gasteiger partial charge in [-0.3, -0.25) is 14.4 Å². The van der Waals surface area contributed by atoms with Crippen LogP contribution in [0.3, 0.4) is 0 Å². The summed E-state index contributed by atoms with van der Waals surface area (Å²) in [6.45, 7) is 7.72. The number of hydrogen-bond acceptors (Lipinski definition) is 4. The predicted molar refractivity (Wildman–Crippen MR) is 139 cm³/mol. The molecule has 3 rings (SSSR count). The Hall–Kier alpha value is -3.64. The number of ketones is 1. The third-order valence-corrected chi connectivity index (χ3v) is 5.80. The van der Waals surface area contributed by atoms with Crippen LogP contribution in [0, 0.1) is 20.8 Å². The molecule has 6 nitrogen and oxygen atoms in total. The number of amides is 2. The Morgan fingerprint density at radius 3 is 2.23 bits per heavy atom. The molecule has 0 aliphatic carbocycles. The van der Waals surface area contributed by atoms with Gasteiger partial charge in [0.05, 0.1) is 17.1 Å². The first-order valence-electron chi connectivity index (χ1n) is 11.4. The lowest BCUT2D eigenvalue weighted by Crippen LogP contribution is -2.32. The van der Waals surface area contributed by atoms with E-state index in [4.69, 9.17) is 16.3 Å². The number of anilines is 2. The number of Topliss-reactive ketones (excluding diaryl/α,β-unsaturated/α-hetero) is 1. The number of hydrogen-bond donors (Lipinski definition) is 2. The third kappa shape index (κ3) is 7.17. The molecule has 2 amide bonds. The quantitative estimate of drug-likeness (QED) is 0.272. The lowest BCUT2D eigenvalue weighted by atomic mass is 10.1. The SMILES string of the molecule is CCC(Oc1ccc(C)cc1C)C(=O)Nc1ccc(Cl)c(NC(=O)CC(=O)c2ccc(C)cc2)c1. The first-order chi connectivity index (χ1) is 16.7. The summed E-state index contributed by atoms with van der Waals surface area (Å²) in [5, 5.41) is 5.76. The van der Waals surface area contributed by atoms with E-state index in [0.717, 1.165) is 16.7 Å². The molecule has 0 aromatic heterocycles. The maximum atomic E-state index is 12.9. The topological polar surface area (TPSA) is 84.5 Å². The van der Waals surface area contributed by atoms with Crippen LogP contribution in [-0.4, -0.2) is 23.7 Å². The van der Waals surface area contributed by atoms with Crippen molar-refractivity contribution in [2.75, 3.05) is 10.6 Å². The highest BCUT2D eigenvalue weighted by molar-refractivity contribution is 6.34. The van der Waals surface area contributed by atoms with Gasteiger partial charge in [0.25, 0.3) is 5.91 Å². The number of rotatable bonds is 9. The van der Waals surface area contributed by atoms with Crippen molar-refractivity contribution in [3.05, 3.63) is 87.9 Å². The molecule has 0 heterocycles. The van der Waals surface area contributed by atoms with Gasteiger partial charge >= 0.3 is 0 Å². The summed E-state index contributed by atoms with van der Waals surface area (Å²) >= 11 is 6.24. The van der Waals surface area contributed by atoms with Gasteiger partial charge in [-0.2, -0.15) is 0 Å². The number of aryl methyl sites for hydroxylation is 3. The van der Waals surface area contributed by atoms with E-state index in [0.29, 0.717) is 29.1 Å². The first kappa shape index (κ1) is 26.0. The van der Waals surface area contributed by atoms with Crippen LogP contribution < -0.4 is 15.4 Å². The highest BCUT2D eigenvalue weighted by Crippen LogP contribution is 2.27. The molecule has 3 aromatic rings. The summed E-state index contributed by atoms with van der Waals surface area (Å²) in [4.78, 5) is 37.7. The summed E-state index contributed by atoms with van der Waals surface area (Å²) in [5.41, 5.74) is 4.31. The largest absolute Gasteiger partial charge is 0.480 e. The molecular formula is C28H29ClN2O4. The lowest BCUT2D eigenvalue weighted by Gasteiger charge is -2.19. The molecule has 0 saturated heterocycles. The molecular weight excluding hydrogens is 464 g/mol. The Kier molecular flexibility index (Phi) is 8.66. The molecule has 0 saturated carbocycles. The zero-order valence-corrected chi connectivity index (χ0v) is 21.0. The first-order valence-corrected chi connectivity index (χ1v) is 11.8. The Morgan fingerprint density at radius 2 is 1.57 bits per heavy atom. The van der Waals surface area contributed by atoms with Crippen LogP contribution in [0.2, 0.25) is 5.02 Å². The summed E-state index contributed by atoms with van der Waals surface area (Å²) in [7, 11) is 0. The van der Waals surface area contributed by atoms with Gasteiger partial charge in [0, 0.05) is 11.3 Å². The van der Waals surface area contributed by atoms with Gasteiger partial charge < -0.3 is 15.4 Å². The second-order valence-electron chi connectivity index (χ2n) is 8.48. The number of ether oxygens (including phenoxy) is 1. The second-order valence-corrected chi connectivity index (χ2v) is 8.89. The fraction of sp³-hybridized carbons (Fsp3) is 0.250. The molecule has 0 radical (unpaired) electrons. The Balaban J connectivity index is 1.65. The Labute approximate surface area is 210 Å². The van der Waals surface area contributed by atoms with E-state index < -0.39 is 12.0 Å². The molecule has 0 spiro atoms. The fourth-order valence-corrected chi connectivity index (χ4v) is 3.68. The van der Waals surface area contributed by atoms with Gasteiger partial charge in [-0.15, -0.1) is 0 Å². The lowest BCUT2D eigenvalue weighted by molar-refractivity contribution is -0.122. The van der Waals surface area contributed by atoms with Crippen LogP contribution in [-0.2, 0) is 9.59 Å². The molecule has 1 unspecified atom stereocenters. The normalized spacial score (nSPS) is 11.5. The molecule has 182 valence electrons. The van der Waals surface area contributed by atoms with Gasteiger partial charge in [-0.1, -0.05) is 66.0 Å². The van der Waals surface area contributed by atoms with E-state index in [1.54, 1.807) is 30.3 Å². The standard InChI is InChI=1S/C28H29ClN2O4/c1-5-25(35-26-13-8-18(3)14-19(26)4)28(34)30-21-11-12-22(29)23(15-21)31-27(33)16-24(32)20-9-6-17(2)7-10-20/h6-15,25H,5,16H2,1-4H3,(H,30,34)(H,31,33). The summed E-state index contributed by atoms with van der Waals surface area (Å²) in [6.07, 6.45) is -0.549. The number of halogens is 1. The zero-order chi connectivity index (χ0) is 25.5. The van der Waals surface area contributed by atoms with Crippen molar-refractivity contribution in [1.82, 2.24) is 0 Å². The molecule has 0 bridgehead atoms. The van der Waals surface area contributed by atoms with E-state index in [9.17, 15) is 14.4 Å². The van der Waals surface area contributed by atoms with Crippen molar-refractivity contribution in [1.29, 1.82) is 0 Å². The minimum absolute atomic E-state index is 0.290. The molecule has 0 fully saturated rings. The molecule has 0 aliphatic heterocycles. The smallest absolute Gasteiger partial charge is 0.265 e. The van der Waals surface area contributed by atoms with Gasteiger partial charge in [0.1, 0.15) is 5.75 Å². The minimum Gasteiger partial charge on any atom is -0.480 e. The van der Waals surface area contributed by atoms with Crippen LogP contribution in [0.15, 0.2) is 60.7 Å². The van der Waals surface area contributed by atoms with E-state index in [1.807, 2.05) is 58.0 Å². The van der Waals surface area contributed by atoms with Gasteiger partial charge in [0.2, 0.25) is 5.91 Å². The van der Waals surface area contributed by atoms with Crippen LogP contribution in [0.4, 0.5) is 11.4 Å². The Morgan fingerprint density at radius 1 is 0.886 bits per heavy atom. The summed E-state index contributed by atoms with van der Waals surface area (Å²) in [6, 6.07) is 17.6. The maximum Gasteiger partial charge on any atom is 0.265 e. The van der Waals surface area contributed by atoms with Crippen molar-refractivity contribution in [2.45, 2.75) is 46.6 Å². The zero-order valence-electron chi connectivity index (χ0n) is 20.3. The number of carbonyl (C=O) groups is 3. The van der Waals surface area contributed by atoms with Crippen LogP contribution in [0.25, 0.3) is 0 Å². The van der Waals surface area contributed by atoms with Crippen LogP contribution >= 0.6 is 11.6 Å². The number of carbonyl (C=O) groups excluding carboxylic acids is 3. The van der Waals surface area contributed by atoms with Crippen molar-refractivity contribution in [3.63, 3.8) is 0 Å². The van der Waals surface area contributed by atoms with Crippen molar-refractivity contribution < 1.29 is 19.1 Å². The van der Waals surface area contributed by atoms with E-state index in [1.165, 1.54) is 0 Å². The average Bonchev–Trinajstić information content (AvgIpc) is 2.81.